The summed E-state index contributed by atoms with van der Waals surface area (Å²) in [7, 11) is 0. The predicted molar refractivity (Wildman–Crippen MR) is 97.7 cm³/mol. The number of halogens is 3. The van der Waals surface area contributed by atoms with E-state index in [9.17, 15) is 23.3 Å². The molecule has 0 radical (unpaired) electrons. The number of hydrogen-bond donors (Lipinski definition) is 0. The SMILES string of the molecule is O=[N+]([O-])c1ccc(-c2cn3cc(-c4cccc(C(F)(F)F)c4)ccc3n2)cc1. The van der Waals surface area contributed by atoms with Gasteiger partial charge in [0.25, 0.3) is 5.69 Å². The first-order valence-electron chi connectivity index (χ1n) is 8.22. The minimum Gasteiger partial charge on any atom is -0.306 e. The minimum absolute atomic E-state index is 0.0145. The van der Waals surface area contributed by atoms with Gasteiger partial charge in [0.15, 0.2) is 0 Å². The summed E-state index contributed by atoms with van der Waals surface area (Å²) in [5.41, 5.74) is 2.27. The van der Waals surface area contributed by atoms with Crippen molar-refractivity contribution < 1.29 is 18.1 Å². The highest BCUT2D eigenvalue weighted by molar-refractivity contribution is 5.68. The summed E-state index contributed by atoms with van der Waals surface area (Å²) in [6.07, 6.45) is -0.974. The Labute approximate surface area is 156 Å². The van der Waals surface area contributed by atoms with Crippen LogP contribution < -0.4 is 0 Å². The predicted octanol–water partition coefficient (Wildman–Crippen LogP) is 5.60. The summed E-state index contributed by atoms with van der Waals surface area (Å²) in [5, 5.41) is 10.8. The van der Waals surface area contributed by atoms with Gasteiger partial charge in [0.2, 0.25) is 0 Å². The number of alkyl halides is 3. The highest BCUT2D eigenvalue weighted by Crippen LogP contribution is 2.32. The number of nitro groups is 1. The van der Waals surface area contributed by atoms with Crippen LogP contribution in [-0.2, 0) is 6.18 Å². The summed E-state index contributed by atoms with van der Waals surface area (Å²) in [5.74, 6) is 0. The molecule has 0 fully saturated rings. The van der Waals surface area contributed by atoms with Crippen LogP contribution in [0.15, 0.2) is 73.1 Å². The lowest BCUT2D eigenvalue weighted by Gasteiger charge is -2.09. The van der Waals surface area contributed by atoms with Crippen molar-refractivity contribution in [1.82, 2.24) is 9.38 Å². The first-order chi connectivity index (χ1) is 13.3. The van der Waals surface area contributed by atoms with E-state index in [0.29, 0.717) is 28.0 Å². The van der Waals surface area contributed by atoms with Crippen LogP contribution in [0, 0.1) is 10.1 Å². The molecule has 2 heterocycles. The molecule has 4 rings (SSSR count). The van der Waals surface area contributed by atoms with E-state index >= 15 is 0 Å². The van der Waals surface area contributed by atoms with E-state index in [1.165, 1.54) is 18.2 Å². The van der Waals surface area contributed by atoms with Crippen molar-refractivity contribution in [3.63, 3.8) is 0 Å². The zero-order valence-corrected chi connectivity index (χ0v) is 14.2. The Hall–Kier alpha value is -3.68. The number of benzene rings is 2. The summed E-state index contributed by atoms with van der Waals surface area (Å²) >= 11 is 0. The zero-order chi connectivity index (χ0) is 19.9. The number of rotatable bonds is 3. The van der Waals surface area contributed by atoms with Gasteiger partial charge in [0, 0.05) is 30.1 Å². The molecule has 0 spiro atoms. The maximum absolute atomic E-state index is 12.9. The summed E-state index contributed by atoms with van der Waals surface area (Å²) in [6, 6.07) is 14.6. The van der Waals surface area contributed by atoms with Gasteiger partial charge in [0.1, 0.15) is 5.65 Å². The van der Waals surface area contributed by atoms with Crippen molar-refractivity contribution in [3.05, 3.63) is 88.7 Å². The van der Waals surface area contributed by atoms with Crippen LogP contribution in [0.4, 0.5) is 18.9 Å². The Morgan fingerprint density at radius 3 is 2.29 bits per heavy atom. The largest absolute Gasteiger partial charge is 0.416 e. The second-order valence-electron chi connectivity index (χ2n) is 6.19. The molecule has 0 aliphatic carbocycles. The van der Waals surface area contributed by atoms with E-state index in [4.69, 9.17) is 0 Å². The molecule has 0 bridgehead atoms. The molecular weight excluding hydrogens is 371 g/mol. The molecule has 0 N–H and O–H groups in total. The molecule has 0 unspecified atom stereocenters. The van der Waals surface area contributed by atoms with Crippen LogP contribution in [0.25, 0.3) is 28.0 Å². The third-order valence-electron chi connectivity index (χ3n) is 4.35. The van der Waals surface area contributed by atoms with Crippen LogP contribution in [0.3, 0.4) is 0 Å². The van der Waals surface area contributed by atoms with Gasteiger partial charge >= 0.3 is 6.18 Å². The van der Waals surface area contributed by atoms with Crippen molar-refractivity contribution in [2.75, 3.05) is 0 Å². The third kappa shape index (κ3) is 3.32. The average Bonchev–Trinajstić information content (AvgIpc) is 3.11. The van der Waals surface area contributed by atoms with Gasteiger partial charge in [-0.05, 0) is 47.5 Å². The Morgan fingerprint density at radius 1 is 0.893 bits per heavy atom. The lowest BCUT2D eigenvalue weighted by Crippen LogP contribution is -2.04. The highest BCUT2D eigenvalue weighted by Gasteiger charge is 2.30. The summed E-state index contributed by atoms with van der Waals surface area (Å²) < 4.78 is 40.6. The van der Waals surface area contributed by atoms with Gasteiger partial charge in [-0.2, -0.15) is 13.2 Å². The van der Waals surface area contributed by atoms with E-state index in [1.54, 1.807) is 47.1 Å². The first-order valence-corrected chi connectivity index (χ1v) is 8.22. The molecule has 0 amide bonds. The van der Waals surface area contributed by atoms with Gasteiger partial charge in [-0.3, -0.25) is 10.1 Å². The molecular formula is C20H12F3N3O2. The van der Waals surface area contributed by atoms with Gasteiger partial charge in [-0.25, -0.2) is 4.98 Å². The fraction of sp³-hybridized carbons (Fsp3) is 0.0500. The van der Waals surface area contributed by atoms with E-state index < -0.39 is 16.7 Å². The number of fused-ring (bicyclic) bond motifs is 1. The molecule has 2 aromatic heterocycles. The Kier molecular flexibility index (Phi) is 4.11. The zero-order valence-electron chi connectivity index (χ0n) is 14.2. The fourth-order valence-electron chi connectivity index (χ4n) is 2.93. The molecule has 0 saturated carbocycles. The summed E-state index contributed by atoms with van der Waals surface area (Å²) in [4.78, 5) is 14.7. The van der Waals surface area contributed by atoms with Gasteiger partial charge in [0.05, 0.1) is 16.2 Å². The number of nitrogens with zero attached hydrogens (tertiary/aromatic N) is 3. The van der Waals surface area contributed by atoms with Crippen LogP contribution in [0.2, 0.25) is 0 Å². The van der Waals surface area contributed by atoms with Crippen molar-refractivity contribution in [3.8, 4) is 22.4 Å². The standard InChI is InChI=1S/C20H12F3N3O2/c21-20(22,23)16-3-1-2-14(10-16)15-6-9-19-24-18(12-25(19)11-15)13-4-7-17(8-5-13)26(27)28/h1-12H. The molecule has 0 saturated heterocycles. The van der Waals surface area contributed by atoms with Crippen LogP contribution in [-0.4, -0.2) is 14.3 Å². The second-order valence-corrected chi connectivity index (χ2v) is 6.19. The molecule has 5 nitrogen and oxygen atoms in total. The van der Waals surface area contributed by atoms with Crippen LogP contribution in [0.5, 0.6) is 0 Å². The molecule has 0 aliphatic heterocycles. The Bertz CT molecular complexity index is 1180. The third-order valence-corrected chi connectivity index (χ3v) is 4.35. The first kappa shape index (κ1) is 17.7. The van der Waals surface area contributed by atoms with Crippen LogP contribution in [0.1, 0.15) is 5.56 Å². The van der Waals surface area contributed by atoms with E-state index in [-0.39, 0.29) is 5.69 Å². The maximum atomic E-state index is 12.9. The van der Waals surface area contributed by atoms with Gasteiger partial charge in [-0.1, -0.05) is 12.1 Å². The molecule has 28 heavy (non-hydrogen) atoms. The molecule has 0 aliphatic rings. The second kappa shape index (κ2) is 6.49. The van der Waals surface area contributed by atoms with Crippen molar-refractivity contribution in [2.24, 2.45) is 0 Å². The number of hydrogen-bond acceptors (Lipinski definition) is 3. The monoisotopic (exact) mass is 383 g/mol. The van der Waals surface area contributed by atoms with E-state index in [2.05, 4.69) is 4.98 Å². The molecule has 2 aromatic carbocycles. The normalized spacial score (nSPS) is 11.7. The Balaban J connectivity index is 1.72. The van der Waals surface area contributed by atoms with Crippen LogP contribution >= 0.6 is 0 Å². The van der Waals surface area contributed by atoms with E-state index in [1.807, 2.05) is 0 Å². The number of non-ortho nitro benzene ring substituents is 1. The highest BCUT2D eigenvalue weighted by atomic mass is 19.4. The topological polar surface area (TPSA) is 60.4 Å². The minimum atomic E-state index is -4.40. The van der Waals surface area contributed by atoms with E-state index in [0.717, 1.165) is 12.1 Å². The molecule has 8 heteroatoms. The Morgan fingerprint density at radius 2 is 1.61 bits per heavy atom. The average molecular weight is 383 g/mol. The number of nitro benzene ring substituents is 1. The van der Waals surface area contributed by atoms with Crippen molar-refractivity contribution in [2.45, 2.75) is 6.18 Å². The lowest BCUT2D eigenvalue weighted by atomic mass is 10.0. The van der Waals surface area contributed by atoms with Gasteiger partial charge in [-0.15, -0.1) is 0 Å². The smallest absolute Gasteiger partial charge is 0.306 e. The van der Waals surface area contributed by atoms with Crippen molar-refractivity contribution in [1.29, 1.82) is 0 Å². The quantitative estimate of drug-likeness (QED) is 0.342. The number of pyridine rings is 1. The molecule has 140 valence electrons. The van der Waals surface area contributed by atoms with Crippen molar-refractivity contribution >= 4 is 11.3 Å². The molecule has 4 aromatic rings. The number of imidazole rings is 1. The summed E-state index contributed by atoms with van der Waals surface area (Å²) in [6.45, 7) is 0. The van der Waals surface area contributed by atoms with Gasteiger partial charge < -0.3 is 4.40 Å². The fourth-order valence-corrected chi connectivity index (χ4v) is 2.93. The molecule has 0 atom stereocenters. The number of aromatic nitrogens is 2. The lowest BCUT2D eigenvalue weighted by molar-refractivity contribution is -0.384. The maximum Gasteiger partial charge on any atom is 0.416 e.